The lowest BCUT2D eigenvalue weighted by Gasteiger charge is -2.32. The van der Waals surface area contributed by atoms with Crippen LogP contribution in [0.15, 0.2) is 33.9 Å². The molecule has 2 aliphatic rings. The first-order chi connectivity index (χ1) is 12.5. The van der Waals surface area contributed by atoms with E-state index in [9.17, 15) is 23.9 Å². The second-order valence-electron chi connectivity index (χ2n) is 6.74. The highest BCUT2D eigenvalue weighted by atomic mass is 19.1. The highest BCUT2D eigenvalue weighted by Gasteiger charge is 2.34. The van der Waals surface area contributed by atoms with E-state index in [4.69, 9.17) is 0 Å². The fourth-order valence-electron chi connectivity index (χ4n) is 3.48. The quantitative estimate of drug-likeness (QED) is 0.894. The van der Waals surface area contributed by atoms with E-state index < -0.39 is 22.9 Å². The van der Waals surface area contributed by atoms with Crippen LogP contribution in [0.3, 0.4) is 0 Å². The van der Waals surface area contributed by atoms with Crippen LogP contribution >= 0.6 is 0 Å². The number of rotatable bonds is 3. The molecule has 1 aliphatic heterocycles. The molecule has 1 amide bonds. The molecule has 0 unspecified atom stereocenters. The van der Waals surface area contributed by atoms with Gasteiger partial charge in [0.2, 0.25) is 5.75 Å². The second kappa shape index (κ2) is 6.12. The molecule has 2 heterocycles. The lowest BCUT2D eigenvalue weighted by atomic mass is 9.93. The van der Waals surface area contributed by atoms with Gasteiger partial charge in [-0.25, -0.2) is 9.18 Å². The third kappa shape index (κ3) is 2.53. The van der Waals surface area contributed by atoms with Gasteiger partial charge in [0.25, 0.3) is 11.5 Å². The standard InChI is InChI=1S/C18H18FN3O4/c19-12-6-4-11(5-7-12)10-20-8-9-21-14(16(20)24)15(23)17(25)22(18(21)26)13-2-1-3-13/h4-7,13,23H,1-3,8-10H2. The molecule has 0 atom stereocenters. The zero-order valence-electron chi connectivity index (χ0n) is 14.0. The first-order valence-electron chi connectivity index (χ1n) is 8.59. The van der Waals surface area contributed by atoms with E-state index >= 15 is 0 Å². The van der Waals surface area contributed by atoms with Crippen LogP contribution < -0.4 is 11.2 Å². The van der Waals surface area contributed by atoms with Gasteiger partial charge in [-0.05, 0) is 37.0 Å². The molecule has 0 bridgehead atoms. The topological polar surface area (TPSA) is 84.5 Å². The molecule has 2 aromatic rings. The Morgan fingerprint density at radius 3 is 2.38 bits per heavy atom. The zero-order valence-corrected chi connectivity index (χ0v) is 14.0. The van der Waals surface area contributed by atoms with Crippen LogP contribution in [0.25, 0.3) is 0 Å². The Morgan fingerprint density at radius 2 is 1.77 bits per heavy atom. The van der Waals surface area contributed by atoms with E-state index in [1.807, 2.05) is 0 Å². The normalized spacial score (nSPS) is 17.1. The van der Waals surface area contributed by atoms with Crippen molar-refractivity contribution < 1.29 is 14.3 Å². The van der Waals surface area contributed by atoms with Crippen LogP contribution in [0.1, 0.15) is 41.4 Å². The van der Waals surface area contributed by atoms with Crippen molar-refractivity contribution in [3.63, 3.8) is 0 Å². The minimum atomic E-state index is -0.803. The molecular weight excluding hydrogens is 341 g/mol. The number of hydrogen-bond acceptors (Lipinski definition) is 4. The lowest BCUT2D eigenvalue weighted by molar-refractivity contribution is 0.0675. The van der Waals surface area contributed by atoms with E-state index in [0.717, 1.165) is 29.4 Å². The van der Waals surface area contributed by atoms with Crippen molar-refractivity contribution in [2.45, 2.75) is 38.4 Å². The van der Waals surface area contributed by atoms with Gasteiger partial charge in [0, 0.05) is 25.7 Å². The molecule has 26 heavy (non-hydrogen) atoms. The van der Waals surface area contributed by atoms with Crippen LogP contribution in [0.4, 0.5) is 4.39 Å². The van der Waals surface area contributed by atoms with E-state index in [-0.39, 0.29) is 37.2 Å². The summed E-state index contributed by atoms with van der Waals surface area (Å²) in [5.41, 5.74) is -0.882. The molecule has 8 heteroatoms. The number of nitrogens with zero attached hydrogens (tertiary/aromatic N) is 3. The van der Waals surface area contributed by atoms with E-state index in [1.165, 1.54) is 21.6 Å². The first kappa shape index (κ1) is 16.6. The lowest BCUT2D eigenvalue weighted by Crippen LogP contribution is -2.51. The van der Waals surface area contributed by atoms with Gasteiger partial charge in [0.15, 0.2) is 5.69 Å². The second-order valence-corrected chi connectivity index (χ2v) is 6.74. The summed E-state index contributed by atoms with van der Waals surface area (Å²) >= 11 is 0. The summed E-state index contributed by atoms with van der Waals surface area (Å²) in [5, 5.41) is 10.3. The largest absolute Gasteiger partial charge is 0.501 e. The molecule has 1 aromatic heterocycles. The third-order valence-corrected chi connectivity index (χ3v) is 5.16. The predicted molar refractivity (Wildman–Crippen MR) is 90.7 cm³/mol. The van der Waals surface area contributed by atoms with Gasteiger partial charge in [0.05, 0.1) is 0 Å². The number of amides is 1. The molecule has 1 aliphatic carbocycles. The van der Waals surface area contributed by atoms with Crippen LogP contribution in [0.2, 0.25) is 0 Å². The van der Waals surface area contributed by atoms with Crippen LogP contribution in [-0.4, -0.2) is 31.6 Å². The van der Waals surface area contributed by atoms with Crippen molar-refractivity contribution in [1.82, 2.24) is 14.0 Å². The Balaban J connectivity index is 1.71. The maximum absolute atomic E-state index is 13.0. The van der Waals surface area contributed by atoms with E-state index in [2.05, 4.69) is 0 Å². The smallest absolute Gasteiger partial charge is 0.332 e. The maximum Gasteiger partial charge on any atom is 0.332 e. The maximum atomic E-state index is 13.0. The summed E-state index contributed by atoms with van der Waals surface area (Å²) in [6.45, 7) is 0.672. The van der Waals surface area contributed by atoms with Crippen molar-refractivity contribution in [3.05, 3.63) is 62.2 Å². The van der Waals surface area contributed by atoms with Crippen LogP contribution in [0, 0.1) is 5.82 Å². The average Bonchev–Trinajstić information content (AvgIpc) is 2.58. The summed E-state index contributed by atoms with van der Waals surface area (Å²) in [5.74, 6) is -1.62. The van der Waals surface area contributed by atoms with Gasteiger partial charge >= 0.3 is 5.69 Å². The van der Waals surface area contributed by atoms with Crippen molar-refractivity contribution in [3.8, 4) is 5.75 Å². The minimum Gasteiger partial charge on any atom is -0.501 e. The molecule has 7 nitrogen and oxygen atoms in total. The summed E-state index contributed by atoms with van der Waals surface area (Å²) in [6, 6.07) is 5.54. The summed E-state index contributed by atoms with van der Waals surface area (Å²) < 4.78 is 15.3. The molecule has 0 saturated heterocycles. The zero-order chi connectivity index (χ0) is 18.4. The summed E-state index contributed by atoms with van der Waals surface area (Å²) in [4.78, 5) is 39.3. The number of aromatic hydroxyl groups is 1. The molecule has 1 N–H and O–H groups in total. The molecule has 0 radical (unpaired) electrons. The fraction of sp³-hybridized carbons (Fsp3) is 0.389. The number of aromatic nitrogens is 2. The molecule has 0 spiro atoms. The Labute approximate surface area is 147 Å². The highest BCUT2D eigenvalue weighted by molar-refractivity contribution is 5.95. The van der Waals surface area contributed by atoms with Crippen molar-refractivity contribution in [1.29, 1.82) is 0 Å². The van der Waals surface area contributed by atoms with Crippen LogP contribution in [-0.2, 0) is 13.1 Å². The van der Waals surface area contributed by atoms with Gasteiger partial charge in [0.1, 0.15) is 5.82 Å². The van der Waals surface area contributed by atoms with Gasteiger partial charge in [-0.15, -0.1) is 0 Å². The molecular formula is C18H18FN3O4. The van der Waals surface area contributed by atoms with Gasteiger partial charge in [-0.3, -0.25) is 18.7 Å². The molecule has 1 fully saturated rings. The Hall–Kier alpha value is -2.90. The first-order valence-corrected chi connectivity index (χ1v) is 8.59. The number of fused-ring (bicyclic) bond motifs is 1. The van der Waals surface area contributed by atoms with E-state index in [1.54, 1.807) is 12.1 Å². The number of halogens is 1. The van der Waals surface area contributed by atoms with Gasteiger partial charge in [-0.2, -0.15) is 0 Å². The monoisotopic (exact) mass is 359 g/mol. The Morgan fingerprint density at radius 1 is 1.08 bits per heavy atom. The van der Waals surface area contributed by atoms with Gasteiger partial charge < -0.3 is 10.0 Å². The molecule has 1 saturated carbocycles. The number of carbonyl (C=O) groups excluding carboxylic acids is 1. The number of benzene rings is 1. The summed E-state index contributed by atoms with van der Waals surface area (Å²) in [6.07, 6.45) is 2.38. The van der Waals surface area contributed by atoms with E-state index in [0.29, 0.717) is 0 Å². The van der Waals surface area contributed by atoms with Crippen molar-refractivity contribution in [2.24, 2.45) is 0 Å². The minimum absolute atomic E-state index is 0.196. The molecule has 136 valence electrons. The molecule has 1 aromatic carbocycles. The Kier molecular flexibility index (Phi) is 3.90. The third-order valence-electron chi connectivity index (χ3n) is 5.16. The number of hydrogen-bond donors (Lipinski definition) is 1. The van der Waals surface area contributed by atoms with Crippen LogP contribution in [0.5, 0.6) is 5.75 Å². The SMILES string of the molecule is O=C1c2c(O)c(=O)n(C3CCC3)c(=O)n2CCN1Cc1ccc(F)cc1. The average molecular weight is 359 g/mol. The highest BCUT2D eigenvalue weighted by Crippen LogP contribution is 2.30. The van der Waals surface area contributed by atoms with Gasteiger partial charge in [-0.1, -0.05) is 12.1 Å². The molecule has 4 rings (SSSR count). The summed E-state index contributed by atoms with van der Waals surface area (Å²) in [7, 11) is 0. The van der Waals surface area contributed by atoms with Crippen molar-refractivity contribution >= 4 is 5.91 Å². The fourth-order valence-corrected chi connectivity index (χ4v) is 3.48. The van der Waals surface area contributed by atoms with Crippen molar-refractivity contribution in [2.75, 3.05) is 6.54 Å². The Bertz CT molecular complexity index is 989. The predicted octanol–water partition coefficient (Wildman–Crippen LogP) is 1.24. The number of carbonyl (C=O) groups is 1.